The first-order chi connectivity index (χ1) is 6.74. The highest BCUT2D eigenvalue weighted by Gasteiger charge is 2.21. The van der Waals surface area contributed by atoms with Gasteiger partial charge in [0.2, 0.25) is 5.91 Å². The molecule has 2 heterocycles. The van der Waals surface area contributed by atoms with Crippen molar-refractivity contribution in [3.05, 3.63) is 18.1 Å². The van der Waals surface area contributed by atoms with Crippen LogP contribution < -0.4 is 10.6 Å². The minimum absolute atomic E-state index is 0.0910. The van der Waals surface area contributed by atoms with Crippen LogP contribution in [0.5, 0.6) is 0 Å². The minimum Gasteiger partial charge on any atom is -0.365 e. The number of aromatic nitrogens is 2. The molecule has 0 spiro atoms. The molecule has 1 amide bonds. The summed E-state index contributed by atoms with van der Waals surface area (Å²) in [4.78, 5) is 19.0. The number of amides is 1. The van der Waals surface area contributed by atoms with Gasteiger partial charge in [-0.25, -0.2) is 9.97 Å². The first-order valence-corrected chi connectivity index (χ1v) is 4.56. The quantitative estimate of drug-likeness (QED) is 0.696. The van der Waals surface area contributed by atoms with E-state index >= 15 is 0 Å². The molecule has 74 valence electrons. The van der Waals surface area contributed by atoms with E-state index in [4.69, 9.17) is 0 Å². The van der Waals surface area contributed by atoms with E-state index in [2.05, 4.69) is 20.6 Å². The summed E-state index contributed by atoms with van der Waals surface area (Å²) in [5, 5.41) is 5.94. The molecular formula is C9H12N4O. The number of aryl methyl sites for hydroxylation is 1. The highest BCUT2D eigenvalue weighted by Crippen LogP contribution is 2.09. The lowest BCUT2D eigenvalue weighted by molar-refractivity contribution is -0.119. The van der Waals surface area contributed by atoms with Gasteiger partial charge in [-0.2, -0.15) is 0 Å². The van der Waals surface area contributed by atoms with Gasteiger partial charge in [-0.1, -0.05) is 0 Å². The Morgan fingerprint density at radius 1 is 1.57 bits per heavy atom. The van der Waals surface area contributed by atoms with Crippen molar-refractivity contribution < 1.29 is 4.79 Å². The topological polar surface area (TPSA) is 66.9 Å². The van der Waals surface area contributed by atoms with Gasteiger partial charge in [-0.3, -0.25) is 4.79 Å². The number of rotatable bonds is 2. The first-order valence-electron chi connectivity index (χ1n) is 4.56. The van der Waals surface area contributed by atoms with Crippen LogP contribution in [0.3, 0.4) is 0 Å². The van der Waals surface area contributed by atoms with Crippen molar-refractivity contribution in [2.45, 2.75) is 19.4 Å². The SMILES string of the molecule is Cc1cc(NC2CNC(=O)C2)ncn1. The predicted octanol–water partition coefficient (Wildman–Crippen LogP) is 0.0854. The Labute approximate surface area is 82.0 Å². The molecular weight excluding hydrogens is 180 g/mol. The second-order valence-corrected chi connectivity index (χ2v) is 3.39. The third-order valence-corrected chi connectivity index (χ3v) is 2.13. The van der Waals surface area contributed by atoms with Gasteiger partial charge in [-0.15, -0.1) is 0 Å². The Balaban J connectivity index is 2.00. The third kappa shape index (κ3) is 1.99. The van der Waals surface area contributed by atoms with Crippen LogP contribution in [0.15, 0.2) is 12.4 Å². The predicted molar refractivity (Wildman–Crippen MR) is 51.8 cm³/mol. The number of carbonyl (C=O) groups is 1. The summed E-state index contributed by atoms with van der Waals surface area (Å²) in [7, 11) is 0. The van der Waals surface area contributed by atoms with Crippen molar-refractivity contribution >= 4 is 11.7 Å². The number of anilines is 1. The lowest BCUT2D eigenvalue weighted by Crippen LogP contribution is -2.22. The molecule has 1 aliphatic heterocycles. The van der Waals surface area contributed by atoms with Gasteiger partial charge in [-0.05, 0) is 6.92 Å². The molecule has 1 aromatic rings. The van der Waals surface area contributed by atoms with Crippen LogP contribution in [-0.2, 0) is 4.79 Å². The van der Waals surface area contributed by atoms with Crippen molar-refractivity contribution in [3.63, 3.8) is 0 Å². The summed E-state index contributed by atoms with van der Waals surface area (Å²) in [5.41, 5.74) is 0.916. The average molecular weight is 192 g/mol. The van der Waals surface area contributed by atoms with E-state index in [0.29, 0.717) is 13.0 Å². The van der Waals surface area contributed by atoms with Crippen LogP contribution in [0.25, 0.3) is 0 Å². The van der Waals surface area contributed by atoms with Crippen LogP contribution >= 0.6 is 0 Å². The molecule has 1 aromatic heterocycles. The maximum atomic E-state index is 10.9. The Morgan fingerprint density at radius 3 is 3.07 bits per heavy atom. The fourth-order valence-electron chi connectivity index (χ4n) is 1.45. The molecule has 5 nitrogen and oxygen atoms in total. The van der Waals surface area contributed by atoms with Crippen molar-refractivity contribution in [1.82, 2.24) is 15.3 Å². The second-order valence-electron chi connectivity index (χ2n) is 3.39. The first kappa shape index (κ1) is 8.93. The highest BCUT2D eigenvalue weighted by atomic mass is 16.1. The smallest absolute Gasteiger partial charge is 0.222 e. The lowest BCUT2D eigenvalue weighted by Gasteiger charge is -2.10. The van der Waals surface area contributed by atoms with Gasteiger partial charge in [0.25, 0.3) is 0 Å². The number of nitrogens with one attached hydrogen (secondary N) is 2. The largest absolute Gasteiger partial charge is 0.365 e. The lowest BCUT2D eigenvalue weighted by atomic mass is 10.2. The minimum atomic E-state index is 0.0910. The zero-order chi connectivity index (χ0) is 9.97. The van der Waals surface area contributed by atoms with E-state index in [9.17, 15) is 4.79 Å². The highest BCUT2D eigenvalue weighted by molar-refractivity contribution is 5.79. The number of nitrogens with zero attached hydrogens (tertiary/aromatic N) is 2. The van der Waals surface area contributed by atoms with Gasteiger partial charge in [0, 0.05) is 24.7 Å². The standard InChI is InChI=1S/C9H12N4O/c1-6-2-8(12-5-11-6)13-7-3-9(14)10-4-7/h2,5,7H,3-4H2,1H3,(H,10,14)(H,11,12,13). The number of hydrogen-bond acceptors (Lipinski definition) is 4. The zero-order valence-corrected chi connectivity index (χ0v) is 7.95. The van der Waals surface area contributed by atoms with Gasteiger partial charge in [0.1, 0.15) is 12.1 Å². The van der Waals surface area contributed by atoms with Crippen LogP contribution in [0.2, 0.25) is 0 Å². The monoisotopic (exact) mass is 192 g/mol. The summed E-state index contributed by atoms with van der Waals surface area (Å²) in [6.07, 6.45) is 2.03. The average Bonchev–Trinajstić information content (AvgIpc) is 2.51. The van der Waals surface area contributed by atoms with E-state index in [0.717, 1.165) is 11.5 Å². The van der Waals surface area contributed by atoms with Crippen molar-refractivity contribution in [2.75, 3.05) is 11.9 Å². The Bertz CT molecular complexity index is 352. The van der Waals surface area contributed by atoms with Crippen molar-refractivity contribution in [1.29, 1.82) is 0 Å². The van der Waals surface area contributed by atoms with Gasteiger partial charge in [0.15, 0.2) is 0 Å². The van der Waals surface area contributed by atoms with Crippen molar-refractivity contribution in [3.8, 4) is 0 Å². The molecule has 0 saturated carbocycles. The fraction of sp³-hybridized carbons (Fsp3) is 0.444. The molecule has 0 bridgehead atoms. The van der Waals surface area contributed by atoms with Gasteiger partial charge >= 0.3 is 0 Å². The molecule has 1 saturated heterocycles. The summed E-state index contributed by atoms with van der Waals surface area (Å²) in [6.45, 7) is 2.58. The molecule has 0 aliphatic carbocycles. The Morgan fingerprint density at radius 2 is 2.43 bits per heavy atom. The molecule has 5 heteroatoms. The zero-order valence-electron chi connectivity index (χ0n) is 7.95. The summed E-state index contributed by atoms with van der Waals surface area (Å²) >= 11 is 0. The molecule has 0 aromatic carbocycles. The van der Waals surface area contributed by atoms with Crippen LogP contribution in [0.1, 0.15) is 12.1 Å². The van der Waals surface area contributed by atoms with E-state index in [1.165, 1.54) is 6.33 Å². The third-order valence-electron chi connectivity index (χ3n) is 2.13. The molecule has 2 N–H and O–H groups in total. The van der Waals surface area contributed by atoms with Crippen LogP contribution in [0.4, 0.5) is 5.82 Å². The second kappa shape index (κ2) is 3.61. The number of carbonyl (C=O) groups excluding carboxylic acids is 1. The Hall–Kier alpha value is -1.65. The van der Waals surface area contributed by atoms with Crippen LogP contribution in [0, 0.1) is 6.92 Å². The van der Waals surface area contributed by atoms with Gasteiger partial charge in [0.05, 0.1) is 6.04 Å². The normalized spacial score (nSPS) is 20.6. The van der Waals surface area contributed by atoms with E-state index in [-0.39, 0.29) is 11.9 Å². The van der Waals surface area contributed by atoms with Gasteiger partial charge < -0.3 is 10.6 Å². The Kier molecular flexibility index (Phi) is 2.30. The maximum Gasteiger partial charge on any atom is 0.222 e. The summed E-state index contributed by atoms with van der Waals surface area (Å²) in [6, 6.07) is 2.01. The molecule has 14 heavy (non-hydrogen) atoms. The molecule has 1 unspecified atom stereocenters. The molecule has 0 radical (unpaired) electrons. The fourth-order valence-corrected chi connectivity index (χ4v) is 1.45. The van der Waals surface area contributed by atoms with E-state index < -0.39 is 0 Å². The summed E-state index contributed by atoms with van der Waals surface area (Å²) < 4.78 is 0. The molecule has 2 rings (SSSR count). The molecule has 1 aliphatic rings. The molecule has 1 fully saturated rings. The van der Waals surface area contributed by atoms with E-state index in [1.54, 1.807) is 0 Å². The van der Waals surface area contributed by atoms with Crippen molar-refractivity contribution in [2.24, 2.45) is 0 Å². The molecule has 1 atom stereocenters. The number of hydrogen-bond donors (Lipinski definition) is 2. The van der Waals surface area contributed by atoms with Crippen LogP contribution in [-0.4, -0.2) is 28.5 Å². The maximum absolute atomic E-state index is 10.9. The van der Waals surface area contributed by atoms with E-state index in [1.807, 2.05) is 13.0 Å². The summed E-state index contributed by atoms with van der Waals surface area (Å²) in [5.74, 6) is 0.868.